The first kappa shape index (κ1) is 24.6. The summed E-state index contributed by atoms with van der Waals surface area (Å²) in [5.74, 6) is 0.479. The molecule has 0 saturated carbocycles. The molecule has 10 heteroatoms. The summed E-state index contributed by atoms with van der Waals surface area (Å²) in [6.45, 7) is 6.29. The third-order valence-electron chi connectivity index (χ3n) is 7.98. The Morgan fingerprint density at radius 2 is 1.90 bits per heavy atom. The molecule has 1 amide bonds. The first-order valence-electron chi connectivity index (χ1n) is 13.3. The second-order valence-electron chi connectivity index (χ2n) is 11.1. The summed E-state index contributed by atoms with van der Waals surface area (Å²) in [4.78, 5) is 33.7. The van der Waals surface area contributed by atoms with Crippen molar-refractivity contribution >= 4 is 22.8 Å². The molecule has 7 rings (SSSR count). The van der Waals surface area contributed by atoms with E-state index in [0.717, 1.165) is 59.7 Å². The number of hydrogen-bond donors (Lipinski definition) is 1. The SMILES string of the molecule is C[C@@]1(C#N)COCc2ccc(C(=O)NCc3cc4nc(-c5ccnc(N6CC7(COC7)C6)n5)ccc4cn3)cc21. The van der Waals surface area contributed by atoms with Crippen LogP contribution in [0.2, 0.25) is 0 Å². The Kier molecular flexibility index (Phi) is 5.73. The fraction of sp³-hybridized carbons (Fsp3) is 0.333. The number of nitrogens with zero attached hydrogens (tertiary/aromatic N) is 6. The average Bonchev–Trinajstić information content (AvgIpc) is 2.94. The Balaban J connectivity index is 1.07. The highest BCUT2D eigenvalue weighted by Gasteiger charge is 2.49. The van der Waals surface area contributed by atoms with Crippen LogP contribution in [0.3, 0.4) is 0 Å². The number of aromatic nitrogens is 4. The highest BCUT2D eigenvalue weighted by molar-refractivity contribution is 5.94. The number of rotatable bonds is 5. The van der Waals surface area contributed by atoms with E-state index in [9.17, 15) is 10.1 Å². The molecule has 1 spiro atoms. The maximum absolute atomic E-state index is 13.0. The molecule has 40 heavy (non-hydrogen) atoms. The third kappa shape index (κ3) is 4.24. The Bertz CT molecular complexity index is 1690. The van der Waals surface area contributed by atoms with E-state index in [1.54, 1.807) is 24.5 Å². The smallest absolute Gasteiger partial charge is 0.251 e. The zero-order chi connectivity index (χ0) is 27.3. The van der Waals surface area contributed by atoms with Gasteiger partial charge in [-0.2, -0.15) is 5.26 Å². The number of hydrogen-bond acceptors (Lipinski definition) is 9. The Morgan fingerprint density at radius 1 is 1.05 bits per heavy atom. The van der Waals surface area contributed by atoms with E-state index in [1.165, 1.54) is 0 Å². The van der Waals surface area contributed by atoms with Crippen LogP contribution in [0.1, 0.15) is 34.1 Å². The van der Waals surface area contributed by atoms with Crippen LogP contribution in [0, 0.1) is 16.7 Å². The second-order valence-corrected chi connectivity index (χ2v) is 11.1. The van der Waals surface area contributed by atoms with Gasteiger partial charge >= 0.3 is 0 Å². The minimum Gasteiger partial charge on any atom is -0.380 e. The van der Waals surface area contributed by atoms with E-state index in [-0.39, 0.29) is 17.9 Å². The minimum absolute atomic E-state index is 0.229. The molecule has 0 bridgehead atoms. The van der Waals surface area contributed by atoms with E-state index < -0.39 is 5.41 Å². The zero-order valence-corrected chi connectivity index (χ0v) is 22.1. The lowest BCUT2D eigenvalue weighted by Crippen LogP contribution is -2.66. The molecule has 0 radical (unpaired) electrons. The third-order valence-corrected chi connectivity index (χ3v) is 7.98. The quantitative estimate of drug-likeness (QED) is 0.412. The first-order chi connectivity index (χ1) is 19.4. The van der Waals surface area contributed by atoms with Gasteiger partial charge in [-0.25, -0.2) is 15.0 Å². The van der Waals surface area contributed by atoms with Crippen LogP contribution in [0.15, 0.2) is 54.9 Å². The number of benzene rings is 1. The van der Waals surface area contributed by atoms with Gasteiger partial charge in [-0.1, -0.05) is 6.07 Å². The van der Waals surface area contributed by atoms with Crippen molar-refractivity contribution in [2.24, 2.45) is 5.41 Å². The fourth-order valence-electron chi connectivity index (χ4n) is 5.58. The van der Waals surface area contributed by atoms with Crippen molar-refractivity contribution in [2.75, 3.05) is 37.8 Å². The summed E-state index contributed by atoms with van der Waals surface area (Å²) in [5.41, 5.74) is 4.74. The van der Waals surface area contributed by atoms with Gasteiger partial charge in [0.2, 0.25) is 5.95 Å². The zero-order valence-electron chi connectivity index (χ0n) is 22.1. The predicted octanol–water partition coefficient (Wildman–Crippen LogP) is 3.16. The number of fused-ring (bicyclic) bond motifs is 2. The molecule has 1 aromatic carbocycles. The number of carbonyl (C=O) groups excluding carboxylic acids is 1. The Labute approximate surface area is 231 Å². The summed E-state index contributed by atoms with van der Waals surface area (Å²) >= 11 is 0. The molecule has 0 unspecified atom stereocenters. The van der Waals surface area contributed by atoms with Crippen molar-refractivity contribution < 1.29 is 14.3 Å². The Hall–Kier alpha value is -4.46. The van der Waals surface area contributed by atoms with Gasteiger partial charge in [0, 0.05) is 36.4 Å². The fourth-order valence-corrected chi connectivity index (χ4v) is 5.58. The summed E-state index contributed by atoms with van der Waals surface area (Å²) in [7, 11) is 0. The molecule has 2 fully saturated rings. The molecular weight excluding hydrogens is 506 g/mol. The van der Waals surface area contributed by atoms with Crippen molar-refractivity contribution in [1.29, 1.82) is 5.26 Å². The monoisotopic (exact) mass is 533 g/mol. The van der Waals surface area contributed by atoms with Crippen LogP contribution in [0.5, 0.6) is 0 Å². The average molecular weight is 534 g/mol. The van der Waals surface area contributed by atoms with Crippen molar-refractivity contribution in [3.05, 3.63) is 77.2 Å². The maximum Gasteiger partial charge on any atom is 0.251 e. The van der Waals surface area contributed by atoms with Crippen LogP contribution in [-0.2, 0) is 28.0 Å². The number of nitriles is 1. The standard InChI is InChI=1S/C30H27N7O3/c1-29(13-31)16-39-12-21-3-2-19(8-23(21)29)27(38)34-11-22-9-26-20(10-33-22)4-5-24(35-26)25-6-7-32-28(36-25)37-14-30(15-37)17-40-18-30/h2-10H,11-12,14-18H2,1H3,(H,34,38)/t29-/m1/s1. The predicted molar refractivity (Wildman–Crippen MR) is 146 cm³/mol. The topological polar surface area (TPSA) is 126 Å². The van der Waals surface area contributed by atoms with Gasteiger partial charge in [0.15, 0.2) is 0 Å². The molecule has 2 saturated heterocycles. The largest absolute Gasteiger partial charge is 0.380 e. The van der Waals surface area contributed by atoms with E-state index >= 15 is 0 Å². The van der Waals surface area contributed by atoms with E-state index in [4.69, 9.17) is 19.4 Å². The summed E-state index contributed by atoms with van der Waals surface area (Å²) < 4.78 is 10.9. The molecule has 1 N–H and O–H groups in total. The minimum atomic E-state index is -0.777. The van der Waals surface area contributed by atoms with Gasteiger partial charge < -0.3 is 19.7 Å². The molecule has 200 valence electrons. The first-order valence-corrected chi connectivity index (χ1v) is 13.3. The van der Waals surface area contributed by atoms with Crippen molar-refractivity contribution in [2.45, 2.75) is 25.5 Å². The van der Waals surface area contributed by atoms with Crippen LogP contribution in [0.4, 0.5) is 5.95 Å². The lowest BCUT2D eigenvalue weighted by atomic mass is 9.78. The van der Waals surface area contributed by atoms with E-state index in [1.807, 2.05) is 37.3 Å². The molecule has 3 aliphatic heterocycles. The molecule has 4 aromatic rings. The lowest BCUT2D eigenvalue weighted by molar-refractivity contribution is -0.127. The number of anilines is 1. The molecule has 3 aliphatic rings. The van der Waals surface area contributed by atoms with Crippen LogP contribution in [-0.4, -0.2) is 58.8 Å². The van der Waals surface area contributed by atoms with Gasteiger partial charge in [0.25, 0.3) is 5.91 Å². The highest BCUT2D eigenvalue weighted by Crippen LogP contribution is 2.39. The number of carbonyl (C=O) groups is 1. The molecule has 10 nitrogen and oxygen atoms in total. The van der Waals surface area contributed by atoms with E-state index in [2.05, 4.69) is 26.3 Å². The molecule has 0 aliphatic carbocycles. The van der Waals surface area contributed by atoms with Crippen molar-refractivity contribution in [3.8, 4) is 17.5 Å². The van der Waals surface area contributed by atoms with Gasteiger partial charge in [0.05, 0.1) is 67.1 Å². The number of pyridine rings is 2. The maximum atomic E-state index is 13.0. The normalized spacial score (nSPS) is 20.8. The molecular formula is C30H27N7O3. The summed E-state index contributed by atoms with van der Waals surface area (Å²) in [6.07, 6.45) is 3.53. The second kappa shape index (κ2) is 9.33. The van der Waals surface area contributed by atoms with Crippen LogP contribution < -0.4 is 10.2 Å². The van der Waals surface area contributed by atoms with Crippen LogP contribution >= 0.6 is 0 Å². The van der Waals surface area contributed by atoms with E-state index in [0.29, 0.717) is 30.4 Å². The van der Waals surface area contributed by atoms with Gasteiger partial charge in [-0.3, -0.25) is 9.78 Å². The van der Waals surface area contributed by atoms with Gasteiger partial charge in [-0.15, -0.1) is 0 Å². The lowest BCUT2D eigenvalue weighted by Gasteiger charge is -2.54. The summed E-state index contributed by atoms with van der Waals surface area (Å²) in [5, 5.41) is 13.5. The molecule has 6 heterocycles. The van der Waals surface area contributed by atoms with Crippen molar-refractivity contribution in [3.63, 3.8) is 0 Å². The number of nitrogens with one attached hydrogen (secondary N) is 1. The van der Waals surface area contributed by atoms with Gasteiger partial charge in [0.1, 0.15) is 5.41 Å². The number of ether oxygens (including phenoxy) is 2. The molecule has 3 aromatic heterocycles. The molecule has 1 atom stereocenters. The number of amides is 1. The highest BCUT2D eigenvalue weighted by atomic mass is 16.5. The Morgan fingerprint density at radius 3 is 2.70 bits per heavy atom. The van der Waals surface area contributed by atoms with Crippen molar-refractivity contribution in [1.82, 2.24) is 25.3 Å². The van der Waals surface area contributed by atoms with Crippen LogP contribution in [0.25, 0.3) is 22.3 Å². The van der Waals surface area contributed by atoms with Gasteiger partial charge in [-0.05, 0) is 54.4 Å². The summed E-state index contributed by atoms with van der Waals surface area (Å²) in [6, 6.07) is 15.4.